The lowest BCUT2D eigenvalue weighted by Crippen LogP contribution is -2.32. The van der Waals surface area contributed by atoms with Gasteiger partial charge in [0.25, 0.3) is 0 Å². The minimum absolute atomic E-state index is 0.394. The maximum absolute atomic E-state index is 5.60. The molecule has 0 radical (unpaired) electrons. The molecule has 20 heavy (non-hydrogen) atoms. The van der Waals surface area contributed by atoms with Crippen LogP contribution in [0.5, 0.6) is 11.8 Å². The number of aromatic nitrogens is 2. The first-order chi connectivity index (χ1) is 9.81. The molecule has 1 aliphatic heterocycles. The van der Waals surface area contributed by atoms with Crippen molar-refractivity contribution in [1.29, 1.82) is 0 Å². The fraction of sp³-hybridized carbons (Fsp3) is 0.375. The number of anilines is 1. The minimum Gasteiger partial charge on any atom is -0.424 e. The van der Waals surface area contributed by atoms with E-state index in [9.17, 15) is 0 Å². The van der Waals surface area contributed by atoms with Crippen molar-refractivity contribution in [2.24, 2.45) is 5.92 Å². The van der Waals surface area contributed by atoms with E-state index in [0.29, 0.717) is 6.01 Å². The molecule has 3 rings (SSSR count). The van der Waals surface area contributed by atoms with Gasteiger partial charge in [0.2, 0.25) is 0 Å². The molecule has 0 spiro atoms. The van der Waals surface area contributed by atoms with E-state index in [4.69, 9.17) is 4.74 Å². The maximum atomic E-state index is 5.60. The molecule has 104 valence electrons. The second-order valence-electron chi connectivity index (χ2n) is 5.31. The maximum Gasteiger partial charge on any atom is 0.322 e. The lowest BCUT2D eigenvalue weighted by atomic mass is 9.99. The summed E-state index contributed by atoms with van der Waals surface area (Å²) in [7, 11) is 0. The van der Waals surface area contributed by atoms with Crippen molar-refractivity contribution in [3.8, 4) is 11.8 Å². The smallest absolute Gasteiger partial charge is 0.322 e. The highest BCUT2D eigenvalue weighted by Gasteiger charge is 2.16. The molecule has 1 fully saturated rings. The molecular weight excluding hydrogens is 250 g/mol. The van der Waals surface area contributed by atoms with Crippen LogP contribution in [0, 0.1) is 5.92 Å². The molecule has 0 saturated carbocycles. The number of benzene rings is 1. The summed E-state index contributed by atoms with van der Waals surface area (Å²) in [6.07, 6.45) is 6.17. The van der Waals surface area contributed by atoms with Crippen molar-refractivity contribution in [2.45, 2.75) is 19.8 Å². The molecule has 0 unspecified atom stereocenters. The second-order valence-corrected chi connectivity index (χ2v) is 5.31. The van der Waals surface area contributed by atoms with Gasteiger partial charge in [-0.2, -0.15) is 0 Å². The first kappa shape index (κ1) is 12.9. The van der Waals surface area contributed by atoms with Gasteiger partial charge in [0.05, 0.1) is 18.1 Å². The van der Waals surface area contributed by atoms with E-state index >= 15 is 0 Å². The molecular formula is C16H19N3O. The van der Waals surface area contributed by atoms with Crippen LogP contribution in [-0.4, -0.2) is 23.1 Å². The predicted octanol–water partition coefficient (Wildman–Crippen LogP) is 3.51. The van der Waals surface area contributed by atoms with Gasteiger partial charge in [0.15, 0.2) is 0 Å². The van der Waals surface area contributed by atoms with Gasteiger partial charge in [-0.3, -0.25) is 0 Å². The molecule has 4 nitrogen and oxygen atoms in total. The normalized spacial score (nSPS) is 16.1. The lowest BCUT2D eigenvalue weighted by molar-refractivity contribution is 0.432. The van der Waals surface area contributed by atoms with Gasteiger partial charge in [-0.15, -0.1) is 0 Å². The molecule has 0 bridgehead atoms. The Labute approximate surface area is 119 Å². The van der Waals surface area contributed by atoms with Crippen LogP contribution >= 0.6 is 0 Å². The summed E-state index contributed by atoms with van der Waals surface area (Å²) in [6, 6.07) is 9.99. The average molecular weight is 269 g/mol. The molecule has 1 aliphatic rings. The van der Waals surface area contributed by atoms with Crippen LogP contribution in [0.2, 0.25) is 0 Å². The molecule has 1 aromatic heterocycles. The highest BCUT2D eigenvalue weighted by molar-refractivity contribution is 5.42. The monoisotopic (exact) mass is 269 g/mol. The van der Waals surface area contributed by atoms with Crippen molar-refractivity contribution in [3.63, 3.8) is 0 Å². The molecule has 2 heterocycles. The number of ether oxygens (including phenoxy) is 1. The number of hydrogen-bond donors (Lipinski definition) is 0. The number of para-hydroxylation sites is 1. The third kappa shape index (κ3) is 3.07. The topological polar surface area (TPSA) is 38.2 Å². The average Bonchev–Trinajstić information content (AvgIpc) is 2.50. The summed E-state index contributed by atoms with van der Waals surface area (Å²) in [5.74, 6) is 1.58. The highest BCUT2D eigenvalue weighted by Crippen LogP contribution is 2.23. The Morgan fingerprint density at radius 3 is 2.35 bits per heavy atom. The summed E-state index contributed by atoms with van der Waals surface area (Å²) in [6.45, 7) is 4.48. The SMILES string of the molecule is CC1CCN(c2cnc(Oc3ccccc3)nc2)CC1. The summed E-state index contributed by atoms with van der Waals surface area (Å²) < 4.78 is 5.60. The standard InChI is InChI=1S/C16H19N3O/c1-13-7-9-19(10-8-13)14-11-17-16(18-12-14)20-15-5-3-2-4-6-15/h2-6,11-13H,7-10H2,1H3. The van der Waals surface area contributed by atoms with Gasteiger partial charge < -0.3 is 9.64 Å². The van der Waals surface area contributed by atoms with Crippen LogP contribution in [0.1, 0.15) is 19.8 Å². The Morgan fingerprint density at radius 1 is 1.05 bits per heavy atom. The molecule has 0 amide bonds. The Balaban J connectivity index is 1.65. The molecule has 4 heteroatoms. The summed E-state index contributed by atoms with van der Waals surface area (Å²) >= 11 is 0. The fourth-order valence-electron chi connectivity index (χ4n) is 2.39. The van der Waals surface area contributed by atoms with E-state index in [2.05, 4.69) is 21.8 Å². The van der Waals surface area contributed by atoms with Crippen LogP contribution < -0.4 is 9.64 Å². The Bertz CT molecular complexity index is 533. The summed E-state index contributed by atoms with van der Waals surface area (Å²) in [5, 5.41) is 0. The van der Waals surface area contributed by atoms with Gasteiger partial charge in [0.1, 0.15) is 5.75 Å². The van der Waals surface area contributed by atoms with Crippen molar-refractivity contribution in [3.05, 3.63) is 42.7 Å². The van der Waals surface area contributed by atoms with Gasteiger partial charge in [-0.05, 0) is 30.9 Å². The largest absolute Gasteiger partial charge is 0.424 e. The molecule has 2 aromatic rings. The van der Waals surface area contributed by atoms with Crippen LogP contribution in [-0.2, 0) is 0 Å². The first-order valence-corrected chi connectivity index (χ1v) is 7.11. The van der Waals surface area contributed by atoms with Crippen molar-refractivity contribution in [2.75, 3.05) is 18.0 Å². The van der Waals surface area contributed by atoms with Gasteiger partial charge >= 0.3 is 6.01 Å². The van der Waals surface area contributed by atoms with E-state index in [-0.39, 0.29) is 0 Å². The van der Waals surface area contributed by atoms with Crippen LogP contribution in [0.3, 0.4) is 0 Å². The zero-order valence-electron chi connectivity index (χ0n) is 11.7. The van der Waals surface area contributed by atoms with Crippen LogP contribution in [0.4, 0.5) is 5.69 Å². The van der Waals surface area contributed by atoms with E-state index in [0.717, 1.165) is 30.4 Å². The summed E-state index contributed by atoms with van der Waals surface area (Å²) in [5.41, 5.74) is 1.08. The molecule has 0 atom stereocenters. The van der Waals surface area contributed by atoms with Crippen molar-refractivity contribution < 1.29 is 4.74 Å². The zero-order valence-corrected chi connectivity index (χ0v) is 11.7. The Hall–Kier alpha value is -2.10. The molecule has 1 aromatic carbocycles. The highest BCUT2D eigenvalue weighted by atomic mass is 16.5. The Morgan fingerprint density at radius 2 is 1.70 bits per heavy atom. The molecule has 0 aliphatic carbocycles. The van der Waals surface area contributed by atoms with Gasteiger partial charge in [-0.25, -0.2) is 9.97 Å². The predicted molar refractivity (Wildman–Crippen MR) is 79.2 cm³/mol. The molecule has 0 N–H and O–H groups in total. The van der Waals surface area contributed by atoms with Crippen LogP contribution in [0.25, 0.3) is 0 Å². The zero-order chi connectivity index (χ0) is 13.8. The van der Waals surface area contributed by atoms with E-state index in [1.165, 1.54) is 12.8 Å². The van der Waals surface area contributed by atoms with Crippen molar-refractivity contribution in [1.82, 2.24) is 9.97 Å². The van der Waals surface area contributed by atoms with Gasteiger partial charge in [0, 0.05) is 13.1 Å². The number of piperidine rings is 1. The Kier molecular flexibility index (Phi) is 3.81. The molecule has 1 saturated heterocycles. The fourth-order valence-corrected chi connectivity index (χ4v) is 2.39. The van der Waals surface area contributed by atoms with E-state index in [1.54, 1.807) is 0 Å². The second kappa shape index (κ2) is 5.90. The van der Waals surface area contributed by atoms with Crippen LogP contribution in [0.15, 0.2) is 42.7 Å². The quantitative estimate of drug-likeness (QED) is 0.854. The van der Waals surface area contributed by atoms with Crippen molar-refractivity contribution >= 4 is 5.69 Å². The summed E-state index contributed by atoms with van der Waals surface area (Å²) in [4.78, 5) is 10.9. The number of rotatable bonds is 3. The van der Waals surface area contributed by atoms with Gasteiger partial charge in [-0.1, -0.05) is 25.1 Å². The third-order valence-electron chi connectivity index (χ3n) is 3.72. The lowest BCUT2D eigenvalue weighted by Gasteiger charge is -2.31. The van der Waals surface area contributed by atoms with E-state index in [1.807, 2.05) is 42.7 Å². The van der Waals surface area contributed by atoms with E-state index < -0.39 is 0 Å². The number of hydrogen-bond acceptors (Lipinski definition) is 4. The minimum atomic E-state index is 0.394. The first-order valence-electron chi connectivity index (χ1n) is 7.11. The third-order valence-corrected chi connectivity index (χ3v) is 3.72. The number of nitrogens with zero attached hydrogens (tertiary/aromatic N) is 3.